The van der Waals surface area contributed by atoms with Gasteiger partial charge in [-0.2, -0.15) is 0 Å². The number of ether oxygens (including phenoxy) is 2. The van der Waals surface area contributed by atoms with Crippen LogP contribution in [0.1, 0.15) is 108 Å². The molecule has 0 rings (SSSR count). The topological polar surface area (TPSA) is 90.6 Å². The third kappa shape index (κ3) is 26.4. The number of terminal acetylenes is 1. The van der Waals surface area contributed by atoms with Crippen molar-refractivity contribution in [1.29, 1.82) is 0 Å². The van der Waals surface area contributed by atoms with Gasteiger partial charge in [-0.3, -0.25) is 9.59 Å². The molecule has 0 unspecified atom stereocenters. The van der Waals surface area contributed by atoms with E-state index in [1.807, 2.05) is 55.4 Å². The first-order valence-electron chi connectivity index (χ1n) is 11.2. The smallest absolute Gasteiger partial charge is 0.306 e. The van der Waals surface area contributed by atoms with Crippen molar-refractivity contribution in [3.63, 3.8) is 0 Å². The maximum absolute atomic E-state index is 11.6. The van der Waals surface area contributed by atoms with Gasteiger partial charge in [-0.25, -0.2) is 0 Å². The summed E-state index contributed by atoms with van der Waals surface area (Å²) in [5.41, 5.74) is 4.59. The minimum absolute atomic E-state index is 0.0640. The molecule has 0 saturated carbocycles. The zero-order valence-corrected chi connectivity index (χ0v) is 21.7. The number of unbranched alkanes of at least 4 members (excludes halogenated alkanes) is 1. The average molecular weight is 441 g/mol. The molecule has 3 N–H and O–H groups in total. The lowest BCUT2D eigenvalue weighted by atomic mass is 9.98. The SMILES string of the molecule is C#CCCCNC(C)(C)CCC(=O)OC(C)(C)C.CC(C)(N)CCC(=O)OC(C)(C)C. The number of rotatable bonds is 10. The predicted octanol–water partition coefficient (Wildman–Crippen LogP) is 4.74. The Bertz CT molecular complexity index is 570. The van der Waals surface area contributed by atoms with E-state index in [0.717, 1.165) is 25.8 Å². The highest BCUT2D eigenvalue weighted by Crippen LogP contribution is 2.15. The molecule has 0 atom stereocenters. The van der Waals surface area contributed by atoms with E-state index in [9.17, 15) is 9.59 Å². The van der Waals surface area contributed by atoms with Gasteiger partial charge in [-0.1, -0.05) is 0 Å². The second kappa shape index (κ2) is 13.8. The minimum Gasteiger partial charge on any atom is -0.460 e. The highest BCUT2D eigenvalue weighted by Gasteiger charge is 2.22. The van der Waals surface area contributed by atoms with Crippen molar-refractivity contribution in [2.24, 2.45) is 5.73 Å². The Morgan fingerprint density at radius 2 is 1.26 bits per heavy atom. The summed E-state index contributed by atoms with van der Waals surface area (Å²) in [5.74, 6) is 2.30. The Kier molecular flexibility index (Phi) is 14.0. The summed E-state index contributed by atoms with van der Waals surface area (Å²) in [5, 5.41) is 3.41. The molecule has 0 spiro atoms. The number of nitrogens with one attached hydrogen (secondary N) is 1. The molecule has 0 heterocycles. The van der Waals surface area contributed by atoms with Crippen LogP contribution in [-0.4, -0.2) is 40.8 Å². The van der Waals surface area contributed by atoms with Gasteiger partial charge in [0, 0.05) is 30.3 Å². The van der Waals surface area contributed by atoms with Crippen LogP contribution in [0.5, 0.6) is 0 Å². The monoisotopic (exact) mass is 440 g/mol. The zero-order valence-electron chi connectivity index (χ0n) is 21.7. The van der Waals surface area contributed by atoms with Gasteiger partial charge in [-0.15, -0.1) is 12.3 Å². The number of hydrogen-bond donors (Lipinski definition) is 2. The molecule has 31 heavy (non-hydrogen) atoms. The molecule has 0 bridgehead atoms. The average Bonchev–Trinajstić information content (AvgIpc) is 2.52. The van der Waals surface area contributed by atoms with Crippen LogP contribution in [0.15, 0.2) is 0 Å². The highest BCUT2D eigenvalue weighted by molar-refractivity contribution is 5.70. The summed E-state index contributed by atoms with van der Waals surface area (Å²) in [7, 11) is 0. The van der Waals surface area contributed by atoms with Crippen LogP contribution in [0.25, 0.3) is 0 Å². The summed E-state index contributed by atoms with van der Waals surface area (Å²) in [6.07, 6.45) is 9.19. The standard InChI is InChI=1S/C15H27NO2.C10H21NO2/c1-7-8-9-12-16-15(5,6)11-10-13(17)18-14(2,3)4;1-9(2,3)13-8(12)6-7-10(4,5)11/h1,16H,8-12H2,2-6H3;6-7,11H2,1-5H3. The maximum atomic E-state index is 11.6. The van der Waals surface area contributed by atoms with Crippen LogP contribution < -0.4 is 11.1 Å². The lowest BCUT2D eigenvalue weighted by Crippen LogP contribution is -2.40. The van der Waals surface area contributed by atoms with E-state index < -0.39 is 11.2 Å². The van der Waals surface area contributed by atoms with E-state index >= 15 is 0 Å². The van der Waals surface area contributed by atoms with Gasteiger partial charge >= 0.3 is 11.9 Å². The second-order valence-electron chi connectivity index (χ2n) is 11.3. The third-order valence-corrected chi connectivity index (χ3v) is 3.87. The first-order valence-corrected chi connectivity index (χ1v) is 11.2. The Balaban J connectivity index is 0. The first-order chi connectivity index (χ1) is 13.8. The maximum Gasteiger partial charge on any atom is 0.306 e. The molecule has 6 heteroatoms. The van der Waals surface area contributed by atoms with Gasteiger partial charge in [0.2, 0.25) is 0 Å². The van der Waals surface area contributed by atoms with Crippen LogP contribution in [0.2, 0.25) is 0 Å². The quantitative estimate of drug-likeness (QED) is 0.290. The molecule has 0 amide bonds. The van der Waals surface area contributed by atoms with Crippen molar-refractivity contribution in [3.05, 3.63) is 0 Å². The van der Waals surface area contributed by atoms with Gasteiger partial charge in [0.25, 0.3) is 0 Å². The molecule has 0 aromatic rings. The zero-order chi connectivity index (χ0) is 24.9. The number of hydrogen-bond acceptors (Lipinski definition) is 6. The lowest BCUT2D eigenvalue weighted by Gasteiger charge is -2.27. The molecule has 6 nitrogen and oxygen atoms in total. The fourth-order valence-electron chi connectivity index (χ4n) is 2.33. The van der Waals surface area contributed by atoms with Crippen LogP contribution in [-0.2, 0) is 19.1 Å². The number of esters is 2. The van der Waals surface area contributed by atoms with Gasteiger partial charge in [0.1, 0.15) is 11.2 Å². The van der Waals surface area contributed by atoms with Crippen LogP contribution >= 0.6 is 0 Å². The van der Waals surface area contributed by atoms with Gasteiger partial charge in [0.15, 0.2) is 0 Å². The fourth-order valence-corrected chi connectivity index (χ4v) is 2.33. The Labute approximate surface area is 191 Å². The van der Waals surface area contributed by atoms with E-state index in [1.54, 1.807) is 0 Å². The van der Waals surface area contributed by atoms with E-state index in [0.29, 0.717) is 19.3 Å². The van der Waals surface area contributed by atoms with Crippen molar-refractivity contribution in [2.45, 2.75) is 130 Å². The normalized spacial score (nSPS) is 12.3. The molecule has 0 saturated heterocycles. The van der Waals surface area contributed by atoms with Gasteiger partial charge in [-0.05, 0) is 95.0 Å². The number of carbonyl (C=O) groups is 2. The summed E-state index contributed by atoms with van der Waals surface area (Å²) in [4.78, 5) is 22.8. The van der Waals surface area contributed by atoms with Crippen molar-refractivity contribution < 1.29 is 19.1 Å². The summed E-state index contributed by atoms with van der Waals surface area (Å²) >= 11 is 0. The highest BCUT2D eigenvalue weighted by atomic mass is 16.6. The first kappa shape index (κ1) is 31.6. The van der Waals surface area contributed by atoms with Gasteiger partial charge < -0.3 is 20.5 Å². The fraction of sp³-hybridized carbons (Fsp3) is 0.840. The molecule has 0 aromatic carbocycles. The Morgan fingerprint density at radius 1 is 0.839 bits per heavy atom. The van der Waals surface area contributed by atoms with E-state index in [4.69, 9.17) is 21.6 Å². The number of nitrogens with two attached hydrogens (primary N) is 1. The Morgan fingerprint density at radius 3 is 1.61 bits per heavy atom. The van der Waals surface area contributed by atoms with E-state index in [-0.39, 0.29) is 23.0 Å². The minimum atomic E-state index is -0.401. The van der Waals surface area contributed by atoms with E-state index in [1.165, 1.54) is 0 Å². The summed E-state index contributed by atoms with van der Waals surface area (Å²) < 4.78 is 10.4. The molecule has 0 aliphatic heterocycles. The Hall–Kier alpha value is -1.58. The predicted molar refractivity (Wildman–Crippen MR) is 129 cm³/mol. The van der Waals surface area contributed by atoms with Crippen LogP contribution in [0.4, 0.5) is 0 Å². The molecular formula is C25H48N2O4. The van der Waals surface area contributed by atoms with Crippen molar-refractivity contribution in [1.82, 2.24) is 5.32 Å². The van der Waals surface area contributed by atoms with Crippen LogP contribution in [0, 0.1) is 12.3 Å². The largest absolute Gasteiger partial charge is 0.460 e. The van der Waals surface area contributed by atoms with Crippen molar-refractivity contribution >= 4 is 11.9 Å². The van der Waals surface area contributed by atoms with E-state index in [2.05, 4.69) is 25.1 Å². The molecule has 0 aliphatic carbocycles. The second-order valence-corrected chi connectivity index (χ2v) is 11.3. The molecule has 182 valence electrons. The molecule has 0 fully saturated rings. The lowest BCUT2D eigenvalue weighted by molar-refractivity contribution is -0.156. The molecule has 0 aliphatic rings. The van der Waals surface area contributed by atoms with Crippen molar-refractivity contribution in [3.8, 4) is 12.3 Å². The van der Waals surface area contributed by atoms with Crippen molar-refractivity contribution in [2.75, 3.05) is 6.54 Å². The molecule has 0 aromatic heterocycles. The summed E-state index contributed by atoms with van der Waals surface area (Å²) in [6, 6.07) is 0. The molecule has 0 radical (unpaired) electrons. The number of carbonyl (C=O) groups excluding carboxylic acids is 2. The van der Waals surface area contributed by atoms with Crippen LogP contribution in [0.3, 0.4) is 0 Å². The molecular weight excluding hydrogens is 392 g/mol. The third-order valence-electron chi connectivity index (χ3n) is 3.87. The summed E-state index contributed by atoms with van der Waals surface area (Å²) in [6.45, 7) is 20.1. The van der Waals surface area contributed by atoms with Gasteiger partial charge in [0.05, 0.1) is 0 Å².